The van der Waals surface area contributed by atoms with Crippen LogP contribution in [-0.4, -0.2) is 24.6 Å². The molecule has 0 unspecified atom stereocenters. The van der Waals surface area contributed by atoms with E-state index in [1.165, 1.54) is 10.6 Å². The lowest BCUT2D eigenvalue weighted by Gasteiger charge is -2.18. The van der Waals surface area contributed by atoms with Crippen LogP contribution in [0.2, 0.25) is 5.02 Å². The van der Waals surface area contributed by atoms with E-state index in [0.717, 1.165) is 17.7 Å². The van der Waals surface area contributed by atoms with Crippen LogP contribution in [0.4, 0.5) is 8.78 Å². The third-order valence-corrected chi connectivity index (χ3v) is 6.11. The minimum absolute atomic E-state index is 0.0382. The molecule has 7 nitrogen and oxygen atoms in total. The summed E-state index contributed by atoms with van der Waals surface area (Å²) in [4.78, 5) is 26.6. The summed E-state index contributed by atoms with van der Waals surface area (Å²) in [5, 5.41) is 10.7. The third-order valence-electron chi connectivity index (χ3n) is 5.79. The molecular formula is C27H25ClF2N4O3. The summed E-state index contributed by atoms with van der Waals surface area (Å²) >= 11 is 6.51. The largest absolute Gasteiger partial charge is 0.472 e. The van der Waals surface area contributed by atoms with Crippen LogP contribution in [0.25, 0.3) is 16.9 Å². The van der Waals surface area contributed by atoms with Gasteiger partial charge in [0.25, 0.3) is 5.56 Å². The van der Waals surface area contributed by atoms with E-state index in [1.54, 1.807) is 52.1 Å². The molecule has 4 rings (SSSR count). The predicted octanol–water partition coefficient (Wildman–Crippen LogP) is 5.35. The van der Waals surface area contributed by atoms with E-state index in [-0.39, 0.29) is 29.4 Å². The fraction of sp³-hybridized carbons (Fsp3) is 0.259. The second kappa shape index (κ2) is 9.99. The Bertz CT molecular complexity index is 1570. The maximum atomic E-state index is 14.0. The molecule has 0 aliphatic rings. The lowest BCUT2D eigenvalue weighted by molar-refractivity contribution is 0.0688. The first-order valence-corrected chi connectivity index (χ1v) is 11.8. The van der Waals surface area contributed by atoms with Gasteiger partial charge in [-0.05, 0) is 64.4 Å². The third kappa shape index (κ3) is 5.38. The van der Waals surface area contributed by atoms with Gasteiger partial charge in [0.05, 0.1) is 22.0 Å². The van der Waals surface area contributed by atoms with Crippen molar-refractivity contribution >= 4 is 11.6 Å². The molecular weight excluding hydrogens is 502 g/mol. The monoisotopic (exact) mass is 526 g/mol. The Balaban J connectivity index is 1.75. The molecule has 0 amide bonds. The number of aliphatic hydroxyl groups is 1. The van der Waals surface area contributed by atoms with Gasteiger partial charge in [-0.1, -0.05) is 17.7 Å². The molecule has 1 N–H and O–H groups in total. The number of ether oxygens (including phenoxy) is 1. The summed E-state index contributed by atoms with van der Waals surface area (Å²) in [5.41, 5.74) is 1.08. The number of halogens is 3. The molecule has 2 heterocycles. The second-order valence-electron chi connectivity index (χ2n) is 9.20. The molecule has 10 heteroatoms. The van der Waals surface area contributed by atoms with Crippen molar-refractivity contribution in [3.8, 4) is 22.8 Å². The number of nitrogens with zero attached hydrogens (tertiary/aromatic N) is 4. The van der Waals surface area contributed by atoms with E-state index in [9.17, 15) is 18.7 Å². The van der Waals surface area contributed by atoms with E-state index in [1.807, 2.05) is 6.92 Å². The lowest BCUT2D eigenvalue weighted by atomic mass is 10.0. The zero-order chi connectivity index (χ0) is 27.1. The van der Waals surface area contributed by atoms with Crippen molar-refractivity contribution in [2.24, 2.45) is 0 Å². The normalized spacial score (nSPS) is 11.6. The molecule has 0 fully saturated rings. The Morgan fingerprint density at radius 3 is 2.49 bits per heavy atom. The Kier molecular flexibility index (Phi) is 7.12. The van der Waals surface area contributed by atoms with Crippen molar-refractivity contribution in [3.63, 3.8) is 0 Å². The van der Waals surface area contributed by atoms with Crippen molar-refractivity contribution in [2.75, 3.05) is 0 Å². The highest BCUT2D eigenvalue weighted by Crippen LogP contribution is 2.30. The standard InChI is InChI=1S/C27H25ClF2N4O3/c1-14-12-31-26(27(4,5)36)33-23(14)17-7-9-20(28)22(10-17)34-16(3)32-24(15(2)25(34)35)37-13-18-6-8-19(29)11-21(18)30/h6-12,36H,13H2,1-5H3. The number of hydrogen-bond donors (Lipinski definition) is 1. The highest BCUT2D eigenvalue weighted by molar-refractivity contribution is 6.32. The van der Waals surface area contributed by atoms with Crippen LogP contribution >= 0.6 is 11.6 Å². The van der Waals surface area contributed by atoms with Gasteiger partial charge in [-0.3, -0.25) is 9.36 Å². The van der Waals surface area contributed by atoms with Crippen molar-refractivity contribution in [2.45, 2.75) is 46.8 Å². The fourth-order valence-electron chi connectivity index (χ4n) is 3.76. The Morgan fingerprint density at radius 1 is 1.08 bits per heavy atom. The van der Waals surface area contributed by atoms with Crippen LogP contribution in [0.5, 0.6) is 5.88 Å². The smallest absolute Gasteiger partial charge is 0.264 e. The lowest BCUT2D eigenvalue weighted by Crippen LogP contribution is -2.25. The molecule has 192 valence electrons. The molecule has 4 aromatic rings. The van der Waals surface area contributed by atoms with Gasteiger partial charge in [0.15, 0.2) is 5.82 Å². The van der Waals surface area contributed by atoms with E-state index in [4.69, 9.17) is 16.3 Å². The van der Waals surface area contributed by atoms with Crippen molar-refractivity contribution in [1.29, 1.82) is 0 Å². The average molecular weight is 527 g/mol. The number of hydrogen-bond acceptors (Lipinski definition) is 6. The summed E-state index contributed by atoms with van der Waals surface area (Å²) in [6.07, 6.45) is 1.63. The summed E-state index contributed by atoms with van der Waals surface area (Å²) in [5.74, 6) is -0.854. The van der Waals surface area contributed by atoms with Gasteiger partial charge in [0.2, 0.25) is 5.88 Å². The number of benzene rings is 2. The summed E-state index contributed by atoms with van der Waals surface area (Å²) in [6, 6.07) is 8.31. The molecule has 0 saturated carbocycles. The van der Waals surface area contributed by atoms with Gasteiger partial charge in [-0.2, -0.15) is 4.98 Å². The first-order chi connectivity index (χ1) is 17.4. The topological polar surface area (TPSA) is 90.1 Å². The zero-order valence-corrected chi connectivity index (χ0v) is 21.7. The number of aromatic nitrogens is 4. The van der Waals surface area contributed by atoms with Crippen LogP contribution in [0.3, 0.4) is 0 Å². The van der Waals surface area contributed by atoms with Gasteiger partial charge in [-0.25, -0.2) is 18.7 Å². The van der Waals surface area contributed by atoms with E-state index in [0.29, 0.717) is 27.8 Å². The maximum Gasteiger partial charge on any atom is 0.264 e. The second-order valence-corrected chi connectivity index (χ2v) is 9.61. The predicted molar refractivity (Wildman–Crippen MR) is 136 cm³/mol. The Morgan fingerprint density at radius 2 is 1.81 bits per heavy atom. The van der Waals surface area contributed by atoms with E-state index >= 15 is 0 Å². The first kappa shape index (κ1) is 26.4. The molecule has 0 atom stereocenters. The number of aryl methyl sites for hydroxylation is 2. The van der Waals surface area contributed by atoms with Crippen LogP contribution in [-0.2, 0) is 12.2 Å². The van der Waals surface area contributed by atoms with Crippen LogP contribution < -0.4 is 10.3 Å². The van der Waals surface area contributed by atoms with Gasteiger partial charge in [0.1, 0.15) is 29.7 Å². The molecule has 2 aromatic carbocycles. The van der Waals surface area contributed by atoms with Crippen molar-refractivity contribution < 1.29 is 18.6 Å². The summed E-state index contributed by atoms with van der Waals surface area (Å²) in [7, 11) is 0. The van der Waals surface area contributed by atoms with Crippen LogP contribution in [0, 0.1) is 32.4 Å². The molecule has 0 saturated heterocycles. The molecule has 2 aromatic heterocycles. The van der Waals surface area contributed by atoms with Crippen molar-refractivity contribution in [1.82, 2.24) is 19.5 Å². The highest BCUT2D eigenvalue weighted by atomic mass is 35.5. The molecule has 0 bridgehead atoms. The van der Waals surface area contributed by atoms with Crippen molar-refractivity contribution in [3.05, 3.63) is 97.9 Å². The Hall–Kier alpha value is -3.69. The molecule has 0 spiro atoms. The molecule has 0 aliphatic heterocycles. The van der Waals surface area contributed by atoms with Gasteiger partial charge in [-0.15, -0.1) is 0 Å². The minimum atomic E-state index is -1.24. The van der Waals surface area contributed by atoms with E-state index < -0.39 is 22.8 Å². The van der Waals surface area contributed by atoms with Crippen LogP contribution in [0.15, 0.2) is 47.4 Å². The zero-order valence-electron chi connectivity index (χ0n) is 20.9. The summed E-state index contributed by atoms with van der Waals surface area (Å²) in [6.45, 7) is 7.98. The quantitative estimate of drug-likeness (QED) is 0.364. The summed E-state index contributed by atoms with van der Waals surface area (Å²) < 4.78 is 34.2. The number of rotatable bonds is 6. The van der Waals surface area contributed by atoms with Crippen LogP contribution in [0.1, 0.15) is 42.2 Å². The SMILES string of the molecule is Cc1cnc(C(C)(C)O)nc1-c1ccc(Cl)c(-n2c(C)nc(OCc3ccc(F)cc3F)c(C)c2=O)c1. The molecule has 0 aliphatic carbocycles. The highest BCUT2D eigenvalue weighted by Gasteiger charge is 2.22. The fourth-order valence-corrected chi connectivity index (χ4v) is 3.96. The van der Waals surface area contributed by atoms with E-state index in [2.05, 4.69) is 15.0 Å². The van der Waals surface area contributed by atoms with Gasteiger partial charge in [0, 0.05) is 23.4 Å². The molecule has 37 heavy (non-hydrogen) atoms. The average Bonchev–Trinajstić information content (AvgIpc) is 2.82. The Labute approximate surface area is 217 Å². The molecule has 0 radical (unpaired) electrons. The first-order valence-electron chi connectivity index (χ1n) is 11.4. The minimum Gasteiger partial charge on any atom is -0.472 e. The van der Waals surface area contributed by atoms with Gasteiger partial charge >= 0.3 is 0 Å². The van der Waals surface area contributed by atoms with Gasteiger partial charge < -0.3 is 9.84 Å². The maximum absolute atomic E-state index is 14.0.